The van der Waals surface area contributed by atoms with E-state index in [-0.39, 0.29) is 22.9 Å². The molecular weight excluding hydrogens is 330 g/mol. The van der Waals surface area contributed by atoms with E-state index in [2.05, 4.69) is 0 Å². The fourth-order valence-electron chi connectivity index (χ4n) is 2.51. The standard InChI is InChI=1S/C13H19NO4S3/c1-3-14(11-8-9-20(15,16)10-11)21(17,18)13-6-4-12(19-2)5-7-13/h4-7,11H,3,8-10H2,1-2H3. The molecule has 8 heteroatoms. The van der Waals surface area contributed by atoms with Gasteiger partial charge >= 0.3 is 0 Å². The summed E-state index contributed by atoms with van der Waals surface area (Å²) in [5, 5.41) is 0. The molecule has 0 bridgehead atoms. The number of rotatable bonds is 5. The van der Waals surface area contributed by atoms with Crippen LogP contribution in [0.3, 0.4) is 0 Å². The largest absolute Gasteiger partial charge is 0.243 e. The SMILES string of the molecule is CCN(C1CCS(=O)(=O)C1)S(=O)(=O)c1ccc(SC)cc1. The Morgan fingerprint density at radius 1 is 1.29 bits per heavy atom. The third-order valence-electron chi connectivity index (χ3n) is 3.59. The molecule has 0 aromatic heterocycles. The normalized spacial score (nSPS) is 21.8. The summed E-state index contributed by atoms with van der Waals surface area (Å²) >= 11 is 1.54. The topological polar surface area (TPSA) is 71.5 Å². The Balaban J connectivity index is 2.31. The van der Waals surface area contributed by atoms with Crippen LogP contribution < -0.4 is 0 Å². The Kier molecular flexibility index (Phi) is 5.02. The first kappa shape index (κ1) is 16.8. The molecule has 0 N–H and O–H groups in total. The molecule has 2 rings (SSSR count). The molecule has 0 saturated carbocycles. The molecule has 1 fully saturated rings. The molecule has 1 unspecified atom stereocenters. The first-order valence-electron chi connectivity index (χ1n) is 6.66. The Hall–Kier alpha value is -0.570. The van der Waals surface area contributed by atoms with Gasteiger partial charge in [0.2, 0.25) is 10.0 Å². The van der Waals surface area contributed by atoms with Crippen LogP contribution in [-0.2, 0) is 19.9 Å². The van der Waals surface area contributed by atoms with E-state index in [1.54, 1.807) is 31.2 Å². The molecule has 0 spiro atoms. The molecule has 0 radical (unpaired) electrons. The van der Waals surface area contributed by atoms with E-state index < -0.39 is 25.9 Å². The second kappa shape index (κ2) is 6.28. The number of hydrogen-bond donors (Lipinski definition) is 0. The van der Waals surface area contributed by atoms with Crippen LogP contribution in [0.15, 0.2) is 34.1 Å². The van der Waals surface area contributed by atoms with Crippen LogP contribution in [0.25, 0.3) is 0 Å². The van der Waals surface area contributed by atoms with Crippen LogP contribution in [-0.4, -0.2) is 51.5 Å². The predicted molar refractivity (Wildman–Crippen MR) is 84.8 cm³/mol. The van der Waals surface area contributed by atoms with Crippen molar-refractivity contribution in [2.45, 2.75) is 29.2 Å². The Morgan fingerprint density at radius 2 is 1.90 bits per heavy atom. The predicted octanol–water partition coefficient (Wildman–Crippen LogP) is 1.61. The average molecular weight is 349 g/mol. The lowest BCUT2D eigenvalue weighted by atomic mass is 10.3. The van der Waals surface area contributed by atoms with Gasteiger partial charge in [-0.15, -0.1) is 11.8 Å². The van der Waals surface area contributed by atoms with Gasteiger partial charge in [0.25, 0.3) is 0 Å². The quantitative estimate of drug-likeness (QED) is 0.755. The summed E-state index contributed by atoms with van der Waals surface area (Å²) in [6, 6.07) is 6.22. The Labute approximate surface area is 130 Å². The minimum Gasteiger partial charge on any atom is -0.229 e. The minimum atomic E-state index is -3.65. The van der Waals surface area contributed by atoms with Gasteiger partial charge in [-0.1, -0.05) is 6.92 Å². The molecule has 1 aliphatic rings. The summed E-state index contributed by atoms with van der Waals surface area (Å²) in [6.07, 6.45) is 2.30. The zero-order valence-electron chi connectivity index (χ0n) is 12.0. The maximum absolute atomic E-state index is 12.7. The number of nitrogens with zero attached hydrogens (tertiary/aromatic N) is 1. The van der Waals surface area contributed by atoms with Gasteiger partial charge in [-0.3, -0.25) is 0 Å². The van der Waals surface area contributed by atoms with E-state index in [4.69, 9.17) is 0 Å². The smallest absolute Gasteiger partial charge is 0.229 e. The zero-order chi connectivity index (χ0) is 15.7. The number of benzene rings is 1. The van der Waals surface area contributed by atoms with Crippen LogP contribution in [0.1, 0.15) is 13.3 Å². The van der Waals surface area contributed by atoms with Crippen molar-refractivity contribution >= 4 is 31.6 Å². The van der Waals surface area contributed by atoms with Gasteiger partial charge in [-0.25, -0.2) is 16.8 Å². The van der Waals surface area contributed by atoms with Crippen molar-refractivity contribution in [3.05, 3.63) is 24.3 Å². The molecule has 1 heterocycles. The third kappa shape index (κ3) is 3.61. The summed E-state index contributed by atoms with van der Waals surface area (Å²) < 4.78 is 49.9. The maximum Gasteiger partial charge on any atom is 0.243 e. The number of hydrogen-bond acceptors (Lipinski definition) is 5. The van der Waals surface area contributed by atoms with E-state index in [0.717, 1.165) is 4.90 Å². The molecule has 0 amide bonds. The average Bonchev–Trinajstić information content (AvgIpc) is 2.79. The van der Waals surface area contributed by atoms with Gasteiger partial charge in [0.15, 0.2) is 9.84 Å². The fraction of sp³-hybridized carbons (Fsp3) is 0.538. The molecular formula is C13H19NO4S3. The Bertz CT molecular complexity index is 695. The number of thioether (sulfide) groups is 1. The lowest BCUT2D eigenvalue weighted by molar-refractivity contribution is 0.354. The highest BCUT2D eigenvalue weighted by atomic mass is 32.2. The van der Waals surface area contributed by atoms with Crippen LogP contribution in [0, 0.1) is 0 Å². The van der Waals surface area contributed by atoms with Crippen LogP contribution in [0.2, 0.25) is 0 Å². The lowest BCUT2D eigenvalue weighted by Crippen LogP contribution is -2.40. The van der Waals surface area contributed by atoms with Crippen LogP contribution in [0.5, 0.6) is 0 Å². The van der Waals surface area contributed by atoms with Crippen molar-refractivity contribution in [2.24, 2.45) is 0 Å². The molecule has 5 nitrogen and oxygen atoms in total. The second-order valence-electron chi connectivity index (χ2n) is 4.94. The van der Waals surface area contributed by atoms with Crippen LogP contribution >= 0.6 is 11.8 Å². The third-order valence-corrected chi connectivity index (χ3v) is 8.13. The van der Waals surface area contributed by atoms with Gasteiger partial charge in [0.1, 0.15) is 0 Å². The van der Waals surface area contributed by atoms with Gasteiger partial charge in [-0.05, 0) is 36.9 Å². The van der Waals surface area contributed by atoms with E-state index in [1.165, 1.54) is 16.1 Å². The first-order valence-corrected chi connectivity index (χ1v) is 11.1. The summed E-state index contributed by atoms with van der Waals surface area (Å²) in [7, 11) is -6.76. The molecule has 1 atom stereocenters. The maximum atomic E-state index is 12.7. The van der Waals surface area contributed by atoms with Gasteiger partial charge < -0.3 is 0 Å². The Morgan fingerprint density at radius 3 is 2.33 bits per heavy atom. The highest BCUT2D eigenvalue weighted by molar-refractivity contribution is 7.98. The molecule has 0 aliphatic carbocycles. The highest BCUT2D eigenvalue weighted by Gasteiger charge is 2.37. The fourth-order valence-corrected chi connectivity index (χ4v) is 6.41. The highest BCUT2D eigenvalue weighted by Crippen LogP contribution is 2.26. The van der Waals surface area contributed by atoms with Gasteiger partial charge in [0.05, 0.1) is 16.4 Å². The number of sulfone groups is 1. The molecule has 1 aliphatic heterocycles. The number of sulfonamides is 1. The first-order chi connectivity index (χ1) is 9.80. The van der Waals surface area contributed by atoms with E-state index >= 15 is 0 Å². The summed E-state index contributed by atoms with van der Waals surface area (Å²) in [6.45, 7) is 2.01. The summed E-state index contributed by atoms with van der Waals surface area (Å²) in [5.74, 6) is -0.0158. The van der Waals surface area contributed by atoms with Crippen molar-refractivity contribution in [3.8, 4) is 0 Å². The van der Waals surface area contributed by atoms with Crippen LogP contribution in [0.4, 0.5) is 0 Å². The van der Waals surface area contributed by atoms with Crippen molar-refractivity contribution in [1.29, 1.82) is 0 Å². The van der Waals surface area contributed by atoms with Crippen molar-refractivity contribution in [3.63, 3.8) is 0 Å². The monoisotopic (exact) mass is 349 g/mol. The molecule has 1 aromatic carbocycles. The molecule has 1 aromatic rings. The van der Waals surface area contributed by atoms with E-state index in [0.29, 0.717) is 6.42 Å². The van der Waals surface area contributed by atoms with Crippen molar-refractivity contribution < 1.29 is 16.8 Å². The summed E-state index contributed by atoms with van der Waals surface area (Å²) in [4.78, 5) is 1.20. The lowest BCUT2D eigenvalue weighted by Gasteiger charge is -2.26. The van der Waals surface area contributed by atoms with Crippen molar-refractivity contribution in [1.82, 2.24) is 4.31 Å². The van der Waals surface area contributed by atoms with E-state index in [1.807, 2.05) is 6.26 Å². The second-order valence-corrected chi connectivity index (χ2v) is 9.94. The molecule has 1 saturated heterocycles. The molecule has 118 valence electrons. The zero-order valence-corrected chi connectivity index (χ0v) is 14.5. The van der Waals surface area contributed by atoms with Crippen molar-refractivity contribution in [2.75, 3.05) is 24.3 Å². The summed E-state index contributed by atoms with van der Waals surface area (Å²) in [5.41, 5.74) is 0. The molecule has 21 heavy (non-hydrogen) atoms. The minimum absolute atomic E-state index is 0.0646. The van der Waals surface area contributed by atoms with Gasteiger partial charge in [-0.2, -0.15) is 4.31 Å². The van der Waals surface area contributed by atoms with E-state index in [9.17, 15) is 16.8 Å². The van der Waals surface area contributed by atoms with Gasteiger partial charge in [0, 0.05) is 17.5 Å².